The molecule has 0 radical (unpaired) electrons. The minimum Gasteiger partial charge on any atom is -0.394 e. The highest BCUT2D eigenvalue weighted by Crippen LogP contribution is 2.17. The lowest BCUT2D eigenvalue weighted by Gasteiger charge is -2.19. The van der Waals surface area contributed by atoms with Gasteiger partial charge in [0.25, 0.3) is 0 Å². The highest BCUT2D eigenvalue weighted by Gasteiger charge is 2.18. The van der Waals surface area contributed by atoms with Crippen LogP contribution in [0.4, 0.5) is 0 Å². The summed E-state index contributed by atoms with van der Waals surface area (Å²) >= 11 is 0. The molecule has 0 heterocycles. The quantitative estimate of drug-likeness (QED) is 0.0420. The molecule has 0 aliphatic rings. The third-order valence-electron chi connectivity index (χ3n) is 13.7. The average Bonchev–Trinajstić information content (AvgIpc) is 3.33. The van der Waals surface area contributed by atoms with Crippen LogP contribution in [0.25, 0.3) is 0 Å². The fraction of sp³-hybridized carbons (Fsp3) is 0.825. The smallest absolute Gasteiger partial charge is 0.220 e. The monoisotopic (exact) mass is 936 g/mol. The molecule has 0 aromatic rings. The van der Waals surface area contributed by atoms with Crippen molar-refractivity contribution in [2.75, 3.05) is 6.61 Å². The summed E-state index contributed by atoms with van der Waals surface area (Å²) in [6, 6.07) is -0.650. The summed E-state index contributed by atoms with van der Waals surface area (Å²) in [6.07, 6.45) is 82.6. The molecule has 2 atom stereocenters. The molecule has 4 heteroatoms. The van der Waals surface area contributed by atoms with Crippen molar-refractivity contribution in [3.8, 4) is 0 Å². The first kappa shape index (κ1) is 65.1. The van der Waals surface area contributed by atoms with E-state index in [4.69, 9.17) is 0 Å². The van der Waals surface area contributed by atoms with E-state index in [0.29, 0.717) is 6.42 Å². The lowest BCUT2D eigenvalue weighted by molar-refractivity contribution is -0.123. The Morgan fingerprint density at radius 3 is 0.955 bits per heavy atom. The van der Waals surface area contributed by atoms with Gasteiger partial charge in [-0.25, -0.2) is 0 Å². The minimum absolute atomic E-state index is 0.0784. The number of unbranched alkanes of at least 4 members (excludes halogenated alkanes) is 40. The molecule has 392 valence electrons. The summed E-state index contributed by atoms with van der Waals surface area (Å²) in [5.41, 5.74) is 0. The molecule has 3 N–H and O–H groups in total. The van der Waals surface area contributed by atoms with Gasteiger partial charge in [0.05, 0.1) is 18.8 Å². The number of hydrogen-bond donors (Lipinski definition) is 3. The maximum atomic E-state index is 12.5. The van der Waals surface area contributed by atoms with Crippen LogP contribution in [0.1, 0.15) is 316 Å². The van der Waals surface area contributed by atoms with Gasteiger partial charge in [-0.05, 0) is 77.0 Å². The van der Waals surface area contributed by atoms with Crippen LogP contribution in [-0.4, -0.2) is 34.9 Å². The largest absolute Gasteiger partial charge is 0.394 e. The van der Waals surface area contributed by atoms with E-state index in [9.17, 15) is 15.0 Å². The van der Waals surface area contributed by atoms with Crippen LogP contribution in [-0.2, 0) is 4.79 Å². The zero-order valence-electron chi connectivity index (χ0n) is 45.2. The van der Waals surface area contributed by atoms with Crippen molar-refractivity contribution in [2.45, 2.75) is 328 Å². The van der Waals surface area contributed by atoms with Crippen molar-refractivity contribution in [1.29, 1.82) is 0 Å². The Morgan fingerprint density at radius 1 is 0.358 bits per heavy atom. The molecule has 67 heavy (non-hydrogen) atoms. The van der Waals surface area contributed by atoms with Crippen molar-refractivity contribution in [2.24, 2.45) is 0 Å². The van der Waals surface area contributed by atoms with Gasteiger partial charge in [-0.15, -0.1) is 0 Å². The first-order chi connectivity index (χ1) is 33.2. The molecule has 0 saturated carbocycles. The molecule has 0 aliphatic carbocycles. The predicted molar refractivity (Wildman–Crippen MR) is 299 cm³/mol. The Hall–Kier alpha value is -1.91. The van der Waals surface area contributed by atoms with Crippen molar-refractivity contribution < 1.29 is 15.0 Å². The number of rotatable bonds is 55. The fourth-order valence-electron chi connectivity index (χ4n) is 9.13. The molecule has 0 fully saturated rings. The Labute approximate surface area is 419 Å². The Morgan fingerprint density at radius 2 is 0.627 bits per heavy atom. The van der Waals surface area contributed by atoms with Gasteiger partial charge in [0.15, 0.2) is 0 Å². The number of nitrogens with one attached hydrogen (secondary N) is 1. The normalized spacial score (nSPS) is 13.2. The van der Waals surface area contributed by atoms with Gasteiger partial charge in [-0.2, -0.15) is 0 Å². The minimum atomic E-state index is -0.875. The van der Waals surface area contributed by atoms with E-state index in [2.05, 4.69) is 67.8 Å². The van der Waals surface area contributed by atoms with Crippen molar-refractivity contribution in [3.63, 3.8) is 0 Å². The van der Waals surface area contributed by atoms with Gasteiger partial charge in [-0.3, -0.25) is 4.79 Å². The van der Waals surface area contributed by atoms with Gasteiger partial charge in [0, 0.05) is 6.42 Å². The first-order valence-electron chi connectivity index (χ1n) is 30.0. The molecule has 0 spiro atoms. The van der Waals surface area contributed by atoms with Gasteiger partial charge in [-0.1, -0.05) is 293 Å². The topological polar surface area (TPSA) is 69.6 Å². The first-order valence-corrected chi connectivity index (χ1v) is 30.0. The van der Waals surface area contributed by atoms with Crippen molar-refractivity contribution in [1.82, 2.24) is 5.32 Å². The highest BCUT2D eigenvalue weighted by atomic mass is 16.3. The zero-order chi connectivity index (χ0) is 48.5. The number of allylic oxidation sites excluding steroid dienone is 9. The molecule has 2 unspecified atom stereocenters. The summed E-state index contributed by atoms with van der Waals surface area (Å²) in [6.45, 7) is 4.31. The Kier molecular flexibility index (Phi) is 56.7. The SMILES string of the molecule is CCCCCCC/C=C\C/C=C\CCCCCCCCCCCCCC(=O)NC(CO)C(O)/C=C/CC/C=C/CC/C=C/CCCCCCCCCCCCCCCCCCCCCCCC. The lowest BCUT2D eigenvalue weighted by Crippen LogP contribution is -2.45. The van der Waals surface area contributed by atoms with Crippen LogP contribution in [0, 0.1) is 0 Å². The van der Waals surface area contributed by atoms with Gasteiger partial charge in [0.2, 0.25) is 5.91 Å². The van der Waals surface area contributed by atoms with Crippen molar-refractivity contribution >= 4 is 5.91 Å². The summed E-state index contributed by atoms with van der Waals surface area (Å²) in [5, 5.41) is 23.2. The average molecular weight is 937 g/mol. The second-order valence-electron chi connectivity index (χ2n) is 20.4. The number of carbonyl (C=O) groups is 1. The van der Waals surface area contributed by atoms with Crippen LogP contribution < -0.4 is 5.32 Å². The molecule has 4 nitrogen and oxygen atoms in total. The molecule has 0 rings (SSSR count). The number of carbonyl (C=O) groups excluding carboxylic acids is 1. The number of hydrogen-bond acceptors (Lipinski definition) is 3. The summed E-state index contributed by atoms with van der Waals surface area (Å²) in [4.78, 5) is 12.5. The summed E-state index contributed by atoms with van der Waals surface area (Å²) in [7, 11) is 0. The molecule has 0 aromatic carbocycles. The number of aliphatic hydroxyl groups excluding tert-OH is 2. The second-order valence-corrected chi connectivity index (χ2v) is 20.4. The van der Waals surface area contributed by atoms with E-state index in [1.807, 2.05) is 6.08 Å². The van der Waals surface area contributed by atoms with Gasteiger partial charge < -0.3 is 15.5 Å². The Balaban J connectivity index is 3.54. The van der Waals surface area contributed by atoms with Crippen molar-refractivity contribution in [3.05, 3.63) is 60.8 Å². The predicted octanol–water partition coefficient (Wildman–Crippen LogP) is 20.0. The molecule has 1 amide bonds. The highest BCUT2D eigenvalue weighted by molar-refractivity contribution is 5.76. The van der Waals surface area contributed by atoms with Crippen LogP contribution in [0.3, 0.4) is 0 Å². The zero-order valence-corrected chi connectivity index (χ0v) is 45.2. The molecular formula is C63H117NO3. The van der Waals surface area contributed by atoms with Crippen LogP contribution in [0.2, 0.25) is 0 Å². The van der Waals surface area contributed by atoms with Crippen LogP contribution >= 0.6 is 0 Å². The van der Waals surface area contributed by atoms with Gasteiger partial charge in [0.1, 0.15) is 0 Å². The molecule has 0 aliphatic heterocycles. The van der Waals surface area contributed by atoms with Crippen LogP contribution in [0.15, 0.2) is 60.8 Å². The van der Waals surface area contributed by atoms with Crippen LogP contribution in [0.5, 0.6) is 0 Å². The molecule has 0 aromatic heterocycles. The molecular weight excluding hydrogens is 819 g/mol. The van der Waals surface area contributed by atoms with E-state index in [1.165, 1.54) is 250 Å². The summed E-state index contributed by atoms with van der Waals surface area (Å²) in [5.74, 6) is -0.0784. The Bertz CT molecular complexity index is 1110. The fourth-order valence-corrected chi connectivity index (χ4v) is 9.13. The second kappa shape index (κ2) is 58.4. The van der Waals surface area contributed by atoms with E-state index >= 15 is 0 Å². The third-order valence-corrected chi connectivity index (χ3v) is 13.7. The summed E-state index contributed by atoms with van der Waals surface area (Å²) < 4.78 is 0. The van der Waals surface area contributed by atoms with E-state index in [1.54, 1.807) is 6.08 Å². The maximum absolute atomic E-state index is 12.5. The third kappa shape index (κ3) is 54.9. The van der Waals surface area contributed by atoms with E-state index < -0.39 is 12.1 Å². The number of aliphatic hydroxyl groups is 2. The lowest BCUT2D eigenvalue weighted by atomic mass is 10.0. The maximum Gasteiger partial charge on any atom is 0.220 e. The number of amides is 1. The van der Waals surface area contributed by atoms with Gasteiger partial charge >= 0.3 is 0 Å². The standard InChI is InChI=1S/C63H117NO3/c1-3-5-7-9-11-13-15-17-19-21-23-25-27-28-29-30-31-32-33-34-35-37-38-40-42-44-46-48-50-52-54-56-58-62(66)61(60-65)64-63(67)59-57-55-53-51-49-47-45-43-41-39-36-26-24-22-20-18-16-14-12-10-8-6-4-2/h16,18,22,24,40,42,48,50,56,58,61-62,65-66H,3-15,17,19-21,23,25-39,41,43-47,49,51-55,57,59-60H2,1-2H3,(H,64,67)/b18-16-,24-22-,42-40+,50-48+,58-56+. The van der Waals surface area contributed by atoms with E-state index in [0.717, 1.165) is 44.9 Å². The molecule has 0 saturated heterocycles. The molecule has 0 bridgehead atoms. The van der Waals surface area contributed by atoms with E-state index in [-0.39, 0.29) is 12.5 Å².